The van der Waals surface area contributed by atoms with Crippen molar-refractivity contribution in [1.82, 2.24) is 0 Å². The molecule has 1 heterocycles. The molecule has 20 heavy (non-hydrogen) atoms. The number of nitrogen functional groups attached to an aromatic ring is 1. The normalized spacial score (nSPS) is 11.4. The summed E-state index contributed by atoms with van der Waals surface area (Å²) in [4.78, 5) is 0. The van der Waals surface area contributed by atoms with E-state index in [-0.39, 0.29) is 10.8 Å². The lowest BCUT2D eigenvalue weighted by Crippen LogP contribution is -2.34. The van der Waals surface area contributed by atoms with Gasteiger partial charge in [-0.1, -0.05) is 6.07 Å². The molecule has 2 N–H and O–H groups in total. The minimum Gasteiger partial charge on any atom is -0.618 e. The van der Waals surface area contributed by atoms with Crippen molar-refractivity contribution in [3.05, 3.63) is 58.9 Å². The van der Waals surface area contributed by atoms with Crippen LogP contribution in [0.4, 0.5) is 5.69 Å². The minimum atomic E-state index is -3.61. The SMILES string of the molecule is Cc1ccc(N)cc1CCS(=O)(=O)c1cccc[n+]1[O-]. The van der Waals surface area contributed by atoms with Gasteiger partial charge in [0.25, 0.3) is 0 Å². The summed E-state index contributed by atoms with van der Waals surface area (Å²) >= 11 is 0. The second-order valence-electron chi connectivity index (χ2n) is 4.62. The van der Waals surface area contributed by atoms with Gasteiger partial charge in [-0.25, -0.2) is 8.42 Å². The summed E-state index contributed by atoms with van der Waals surface area (Å²) in [6, 6.07) is 9.74. The smallest absolute Gasteiger partial charge is 0.308 e. The Bertz CT molecular complexity index is 727. The highest BCUT2D eigenvalue weighted by Gasteiger charge is 2.23. The first-order valence-electron chi connectivity index (χ1n) is 6.16. The van der Waals surface area contributed by atoms with Gasteiger partial charge in [0.05, 0.1) is 5.75 Å². The van der Waals surface area contributed by atoms with Crippen LogP contribution in [-0.2, 0) is 16.3 Å². The van der Waals surface area contributed by atoms with Crippen molar-refractivity contribution >= 4 is 15.5 Å². The summed E-state index contributed by atoms with van der Waals surface area (Å²) in [6.07, 6.45) is 1.51. The van der Waals surface area contributed by atoms with E-state index in [1.807, 2.05) is 13.0 Å². The highest BCUT2D eigenvalue weighted by Crippen LogP contribution is 2.15. The monoisotopic (exact) mass is 292 g/mol. The fraction of sp³-hybridized carbons (Fsp3) is 0.214. The molecule has 0 aliphatic heterocycles. The van der Waals surface area contributed by atoms with Crippen molar-refractivity contribution in [2.24, 2.45) is 0 Å². The Balaban J connectivity index is 2.22. The van der Waals surface area contributed by atoms with Crippen LogP contribution in [0.3, 0.4) is 0 Å². The molecule has 6 heteroatoms. The van der Waals surface area contributed by atoms with Gasteiger partial charge in [0.15, 0.2) is 6.20 Å². The third-order valence-corrected chi connectivity index (χ3v) is 4.82. The molecule has 5 nitrogen and oxygen atoms in total. The molecule has 2 aromatic rings. The summed E-state index contributed by atoms with van der Waals surface area (Å²) in [7, 11) is -3.61. The topological polar surface area (TPSA) is 87.1 Å². The summed E-state index contributed by atoms with van der Waals surface area (Å²) in [6.45, 7) is 1.90. The number of sulfone groups is 1. The Hall–Kier alpha value is -2.08. The molecular formula is C14H16N2O3S. The maximum atomic E-state index is 12.2. The van der Waals surface area contributed by atoms with E-state index < -0.39 is 9.84 Å². The van der Waals surface area contributed by atoms with Gasteiger partial charge >= 0.3 is 5.03 Å². The van der Waals surface area contributed by atoms with E-state index in [9.17, 15) is 13.6 Å². The fourth-order valence-corrected chi connectivity index (χ4v) is 3.28. The number of rotatable bonds is 4. The largest absolute Gasteiger partial charge is 0.618 e. The van der Waals surface area contributed by atoms with Gasteiger partial charge in [0.1, 0.15) is 0 Å². The Morgan fingerprint density at radius 2 is 2.00 bits per heavy atom. The van der Waals surface area contributed by atoms with Gasteiger partial charge in [-0.15, -0.1) is 0 Å². The summed E-state index contributed by atoms with van der Waals surface area (Å²) in [5.41, 5.74) is 8.16. The predicted molar refractivity (Wildman–Crippen MR) is 76.8 cm³/mol. The van der Waals surface area contributed by atoms with Crippen LogP contribution >= 0.6 is 0 Å². The average molecular weight is 292 g/mol. The summed E-state index contributed by atoms with van der Waals surface area (Å²) in [5.74, 6) is -0.121. The van der Waals surface area contributed by atoms with Crippen LogP contribution in [0, 0.1) is 12.1 Å². The third-order valence-electron chi connectivity index (χ3n) is 3.12. The number of pyridine rings is 1. The molecule has 106 valence electrons. The zero-order valence-corrected chi connectivity index (χ0v) is 11.9. The first kappa shape index (κ1) is 14.3. The zero-order chi connectivity index (χ0) is 14.8. The van der Waals surface area contributed by atoms with Crippen molar-refractivity contribution in [1.29, 1.82) is 0 Å². The van der Waals surface area contributed by atoms with Crippen molar-refractivity contribution in [3.8, 4) is 0 Å². The van der Waals surface area contributed by atoms with E-state index in [4.69, 9.17) is 5.73 Å². The number of aromatic nitrogens is 1. The molecular weight excluding hydrogens is 276 g/mol. The Morgan fingerprint density at radius 1 is 1.25 bits per heavy atom. The van der Waals surface area contributed by atoms with Gasteiger partial charge in [-0.05, 0) is 42.7 Å². The molecule has 2 rings (SSSR count). The van der Waals surface area contributed by atoms with E-state index in [0.29, 0.717) is 16.8 Å². The molecule has 0 fully saturated rings. The number of hydrogen-bond acceptors (Lipinski definition) is 4. The molecule has 0 radical (unpaired) electrons. The molecule has 0 atom stereocenters. The maximum absolute atomic E-state index is 12.2. The maximum Gasteiger partial charge on any atom is 0.308 e. The third kappa shape index (κ3) is 3.08. The van der Waals surface area contributed by atoms with E-state index in [2.05, 4.69) is 0 Å². The van der Waals surface area contributed by atoms with Crippen molar-refractivity contribution < 1.29 is 13.1 Å². The average Bonchev–Trinajstić information content (AvgIpc) is 2.40. The van der Waals surface area contributed by atoms with Gasteiger partial charge < -0.3 is 10.9 Å². The molecule has 0 aliphatic carbocycles. The van der Waals surface area contributed by atoms with Gasteiger partial charge in [0.2, 0.25) is 9.84 Å². The lowest BCUT2D eigenvalue weighted by Gasteiger charge is -2.08. The molecule has 0 amide bonds. The number of aryl methyl sites for hydroxylation is 2. The Labute approximate surface area is 118 Å². The van der Waals surface area contributed by atoms with E-state index in [1.165, 1.54) is 24.4 Å². The summed E-state index contributed by atoms with van der Waals surface area (Å²) < 4.78 is 24.7. The number of anilines is 1. The zero-order valence-electron chi connectivity index (χ0n) is 11.1. The van der Waals surface area contributed by atoms with E-state index in [0.717, 1.165) is 11.1 Å². The lowest BCUT2D eigenvalue weighted by atomic mass is 10.1. The van der Waals surface area contributed by atoms with Gasteiger partial charge in [0, 0.05) is 17.8 Å². The Morgan fingerprint density at radius 3 is 2.70 bits per heavy atom. The van der Waals surface area contributed by atoms with Crippen molar-refractivity contribution in [2.75, 3.05) is 11.5 Å². The molecule has 0 saturated carbocycles. The van der Waals surface area contributed by atoms with Gasteiger partial charge in [-0.3, -0.25) is 0 Å². The molecule has 0 spiro atoms. The lowest BCUT2D eigenvalue weighted by molar-refractivity contribution is -0.646. The molecule has 1 aromatic heterocycles. The highest BCUT2D eigenvalue weighted by atomic mass is 32.2. The van der Waals surface area contributed by atoms with Crippen LogP contribution < -0.4 is 10.5 Å². The van der Waals surface area contributed by atoms with Crippen LogP contribution in [0.25, 0.3) is 0 Å². The van der Waals surface area contributed by atoms with Crippen LogP contribution in [-0.4, -0.2) is 14.2 Å². The quantitative estimate of drug-likeness (QED) is 0.521. The first-order chi connectivity index (χ1) is 9.40. The van der Waals surface area contributed by atoms with E-state index in [1.54, 1.807) is 12.1 Å². The van der Waals surface area contributed by atoms with Crippen LogP contribution in [0.15, 0.2) is 47.6 Å². The predicted octanol–water partition coefficient (Wildman–Crippen LogP) is 1.23. The van der Waals surface area contributed by atoms with Crippen LogP contribution in [0.1, 0.15) is 11.1 Å². The number of nitrogens with two attached hydrogens (primary N) is 1. The molecule has 0 aliphatic rings. The van der Waals surface area contributed by atoms with E-state index >= 15 is 0 Å². The van der Waals surface area contributed by atoms with Crippen LogP contribution in [0.5, 0.6) is 0 Å². The molecule has 0 unspecified atom stereocenters. The molecule has 1 aromatic carbocycles. The first-order valence-corrected chi connectivity index (χ1v) is 7.81. The van der Waals surface area contributed by atoms with Crippen molar-refractivity contribution in [3.63, 3.8) is 0 Å². The summed E-state index contributed by atoms with van der Waals surface area (Å²) in [5, 5.41) is 11.3. The molecule has 0 saturated heterocycles. The Kier molecular flexibility index (Phi) is 3.94. The molecule has 0 bridgehead atoms. The number of hydrogen-bond donors (Lipinski definition) is 1. The second kappa shape index (κ2) is 5.50. The highest BCUT2D eigenvalue weighted by molar-refractivity contribution is 7.91. The minimum absolute atomic E-state index is 0.121. The standard InChI is InChI=1S/C14H16N2O3S/c1-11-5-6-13(15)10-12(11)7-9-20(18,19)14-4-2-3-8-16(14)17/h2-6,8,10H,7,9,15H2,1H3. The fourth-order valence-electron chi connectivity index (χ4n) is 1.96. The van der Waals surface area contributed by atoms with Crippen molar-refractivity contribution in [2.45, 2.75) is 18.4 Å². The number of benzene rings is 1. The van der Waals surface area contributed by atoms with Gasteiger partial charge in [-0.2, -0.15) is 4.73 Å². The van der Waals surface area contributed by atoms with Crippen LogP contribution in [0.2, 0.25) is 0 Å². The second-order valence-corrected chi connectivity index (χ2v) is 6.68. The number of nitrogens with zero attached hydrogens (tertiary/aromatic N) is 1.